The Morgan fingerprint density at radius 2 is 1.04 bits per heavy atom. The number of hydrogen-bond acceptors (Lipinski definition) is 2. The lowest BCUT2D eigenvalue weighted by Crippen LogP contribution is -1.77. The SMILES string of the molecule is C=Cc1cc2cc3[nH]c(cc4nc(cc5nc(cc1[nH]2)C=C5)C=C4)cc3C=C. The topological polar surface area (TPSA) is 57.4 Å². The predicted molar refractivity (Wildman–Crippen MR) is 119 cm³/mol. The highest BCUT2D eigenvalue weighted by atomic mass is 14.8. The van der Waals surface area contributed by atoms with Gasteiger partial charge in [0.15, 0.2) is 0 Å². The summed E-state index contributed by atoms with van der Waals surface area (Å²) in [5.41, 5.74) is 9.57. The van der Waals surface area contributed by atoms with Crippen LogP contribution in [0.15, 0.2) is 49.6 Å². The fourth-order valence-corrected chi connectivity index (χ4v) is 3.47. The minimum Gasteiger partial charge on any atom is -0.355 e. The van der Waals surface area contributed by atoms with Crippen molar-refractivity contribution >= 4 is 58.5 Å². The third kappa shape index (κ3) is 2.91. The van der Waals surface area contributed by atoms with Crippen molar-refractivity contribution in [3.63, 3.8) is 0 Å². The van der Waals surface area contributed by atoms with E-state index < -0.39 is 0 Å². The number of fused-ring (bicyclic) bond motifs is 8. The van der Waals surface area contributed by atoms with Crippen molar-refractivity contribution < 1.29 is 0 Å². The Kier molecular flexibility index (Phi) is 3.69. The van der Waals surface area contributed by atoms with E-state index in [1.807, 2.05) is 54.7 Å². The van der Waals surface area contributed by atoms with Gasteiger partial charge in [-0.3, -0.25) is 0 Å². The van der Waals surface area contributed by atoms with E-state index in [0.29, 0.717) is 0 Å². The molecule has 0 saturated carbocycles. The molecule has 2 aliphatic rings. The molecule has 3 aromatic rings. The van der Waals surface area contributed by atoms with Gasteiger partial charge in [-0.25, -0.2) is 9.97 Å². The van der Waals surface area contributed by atoms with Crippen molar-refractivity contribution in [2.45, 2.75) is 0 Å². The van der Waals surface area contributed by atoms with Crippen molar-refractivity contribution in [1.29, 1.82) is 0 Å². The van der Waals surface area contributed by atoms with Crippen LogP contribution < -0.4 is 0 Å². The van der Waals surface area contributed by atoms with Crippen LogP contribution in [0.25, 0.3) is 58.5 Å². The van der Waals surface area contributed by atoms with E-state index in [0.717, 1.165) is 56.0 Å². The number of nitrogens with zero attached hydrogens (tertiary/aromatic N) is 2. The third-order valence-electron chi connectivity index (χ3n) is 4.80. The maximum absolute atomic E-state index is 4.68. The second-order valence-electron chi connectivity index (χ2n) is 6.76. The molecule has 2 aliphatic heterocycles. The molecule has 8 bridgehead atoms. The summed E-state index contributed by atoms with van der Waals surface area (Å²) in [6.07, 6.45) is 11.7. The summed E-state index contributed by atoms with van der Waals surface area (Å²) in [4.78, 5) is 16.2. The number of rotatable bonds is 2. The van der Waals surface area contributed by atoms with Gasteiger partial charge in [0, 0.05) is 22.1 Å². The van der Waals surface area contributed by atoms with Gasteiger partial charge in [0.05, 0.1) is 22.8 Å². The van der Waals surface area contributed by atoms with E-state index in [9.17, 15) is 0 Å². The molecule has 0 amide bonds. The molecular formula is C24H18N4. The normalized spacial score (nSPS) is 12.3. The Morgan fingerprint density at radius 3 is 1.61 bits per heavy atom. The van der Waals surface area contributed by atoms with Crippen LogP contribution in [-0.2, 0) is 0 Å². The fourth-order valence-electron chi connectivity index (χ4n) is 3.47. The number of aromatic amines is 2. The molecule has 0 spiro atoms. The molecule has 0 aliphatic carbocycles. The van der Waals surface area contributed by atoms with Crippen LogP contribution in [-0.4, -0.2) is 19.9 Å². The van der Waals surface area contributed by atoms with Crippen LogP contribution in [0.5, 0.6) is 0 Å². The standard InChI is InChI=1S/C24H18N4/c1-3-15-9-21-12-19-6-5-17(25-19)11-18-7-8-20(26-18)13-23-16(4-2)10-22(28-23)14-24(15)27-21/h3-14,27-28H,1-2H2. The smallest absolute Gasteiger partial charge is 0.0659 e. The molecule has 5 heterocycles. The second-order valence-corrected chi connectivity index (χ2v) is 6.76. The zero-order valence-electron chi connectivity index (χ0n) is 15.2. The quantitative estimate of drug-likeness (QED) is 0.408. The van der Waals surface area contributed by atoms with Crippen molar-refractivity contribution in [2.24, 2.45) is 0 Å². The number of hydrogen-bond donors (Lipinski definition) is 2. The molecule has 2 N–H and O–H groups in total. The lowest BCUT2D eigenvalue weighted by Gasteiger charge is -1.87. The maximum Gasteiger partial charge on any atom is 0.0659 e. The van der Waals surface area contributed by atoms with Crippen LogP contribution in [0.2, 0.25) is 0 Å². The number of nitrogens with one attached hydrogen (secondary N) is 2. The largest absolute Gasteiger partial charge is 0.355 e. The minimum absolute atomic E-state index is 0.887. The highest BCUT2D eigenvalue weighted by molar-refractivity contribution is 5.83. The molecule has 0 fully saturated rings. The lowest BCUT2D eigenvalue weighted by atomic mass is 10.2. The molecular weight excluding hydrogens is 344 g/mol. The molecule has 0 saturated heterocycles. The fraction of sp³-hybridized carbons (Fsp3) is 0. The summed E-state index contributed by atoms with van der Waals surface area (Å²) >= 11 is 0. The molecule has 0 atom stereocenters. The van der Waals surface area contributed by atoms with E-state index in [1.54, 1.807) is 0 Å². The molecule has 3 aromatic heterocycles. The van der Waals surface area contributed by atoms with Crippen LogP contribution in [0, 0.1) is 0 Å². The summed E-state index contributed by atoms with van der Waals surface area (Å²) in [6.45, 7) is 7.88. The van der Waals surface area contributed by atoms with Gasteiger partial charge in [0.25, 0.3) is 0 Å². The highest BCUT2D eigenvalue weighted by Crippen LogP contribution is 2.21. The Labute approximate surface area is 162 Å². The van der Waals surface area contributed by atoms with Crippen molar-refractivity contribution in [3.05, 3.63) is 83.5 Å². The van der Waals surface area contributed by atoms with Crippen LogP contribution in [0.4, 0.5) is 0 Å². The van der Waals surface area contributed by atoms with Gasteiger partial charge in [0.2, 0.25) is 0 Å². The Bertz CT molecular complexity index is 1350. The molecule has 0 aromatic carbocycles. The third-order valence-corrected chi connectivity index (χ3v) is 4.80. The zero-order valence-corrected chi connectivity index (χ0v) is 15.2. The van der Waals surface area contributed by atoms with E-state index in [4.69, 9.17) is 0 Å². The first-order valence-corrected chi connectivity index (χ1v) is 9.07. The van der Waals surface area contributed by atoms with Crippen molar-refractivity contribution in [3.8, 4) is 0 Å². The van der Waals surface area contributed by atoms with Gasteiger partial charge in [0.1, 0.15) is 0 Å². The predicted octanol–water partition coefficient (Wildman–Crippen LogP) is 5.94. The summed E-state index contributed by atoms with van der Waals surface area (Å²) in [7, 11) is 0. The first kappa shape index (κ1) is 16.3. The molecule has 5 rings (SSSR count). The number of aromatic nitrogens is 4. The molecule has 4 heteroatoms. The molecule has 0 unspecified atom stereocenters. The second kappa shape index (κ2) is 6.35. The summed E-state index contributed by atoms with van der Waals surface area (Å²) in [5, 5.41) is 0. The van der Waals surface area contributed by atoms with Crippen LogP contribution in [0.3, 0.4) is 0 Å². The van der Waals surface area contributed by atoms with Crippen molar-refractivity contribution in [1.82, 2.24) is 19.9 Å². The van der Waals surface area contributed by atoms with Gasteiger partial charge >= 0.3 is 0 Å². The molecule has 28 heavy (non-hydrogen) atoms. The van der Waals surface area contributed by atoms with E-state index in [2.05, 4.69) is 51.3 Å². The summed E-state index contributed by atoms with van der Waals surface area (Å²) in [6, 6.07) is 12.3. The number of H-pyrrole nitrogens is 2. The highest BCUT2D eigenvalue weighted by Gasteiger charge is 2.05. The molecule has 134 valence electrons. The van der Waals surface area contributed by atoms with Gasteiger partial charge in [-0.2, -0.15) is 0 Å². The molecule has 0 radical (unpaired) electrons. The van der Waals surface area contributed by atoms with Crippen LogP contribution >= 0.6 is 0 Å². The van der Waals surface area contributed by atoms with Gasteiger partial charge in [-0.15, -0.1) is 0 Å². The zero-order chi connectivity index (χ0) is 19.1. The molecule has 4 nitrogen and oxygen atoms in total. The average molecular weight is 362 g/mol. The summed E-state index contributed by atoms with van der Waals surface area (Å²) < 4.78 is 0. The first-order valence-electron chi connectivity index (χ1n) is 9.07. The monoisotopic (exact) mass is 362 g/mol. The van der Waals surface area contributed by atoms with E-state index >= 15 is 0 Å². The Hall–Kier alpha value is -3.92. The van der Waals surface area contributed by atoms with Crippen molar-refractivity contribution in [2.75, 3.05) is 0 Å². The minimum atomic E-state index is 0.887. The van der Waals surface area contributed by atoms with E-state index in [-0.39, 0.29) is 0 Å². The maximum atomic E-state index is 4.68. The van der Waals surface area contributed by atoms with Gasteiger partial charge in [-0.1, -0.05) is 25.3 Å². The van der Waals surface area contributed by atoms with Gasteiger partial charge in [-0.05, 0) is 71.8 Å². The van der Waals surface area contributed by atoms with Crippen LogP contribution in [0.1, 0.15) is 33.9 Å². The average Bonchev–Trinajstić information content (AvgIpc) is 3.45. The Balaban J connectivity index is 1.91. The summed E-state index contributed by atoms with van der Waals surface area (Å²) in [5.74, 6) is 0. The first-order chi connectivity index (χ1) is 13.7. The van der Waals surface area contributed by atoms with Gasteiger partial charge < -0.3 is 9.97 Å². The lowest BCUT2D eigenvalue weighted by molar-refractivity contribution is 1.28. The van der Waals surface area contributed by atoms with E-state index in [1.165, 1.54) is 0 Å². The Morgan fingerprint density at radius 1 is 0.571 bits per heavy atom.